The van der Waals surface area contributed by atoms with Crippen LogP contribution in [-0.2, 0) is 0 Å². The Hall–Kier alpha value is -2.97. The summed E-state index contributed by atoms with van der Waals surface area (Å²) in [7, 11) is 0. The fourth-order valence-corrected chi connectivity index (χ4v) is 5.33. The number of aromatic nitrogens is 1. The Labute approximate surface area is 191 Å². The molecule has 4 rings (SSSR count). The van der Waals surface area contributed by atoms with Gasteiger partial charge in [-0.25, -0.2) is 9.78 Å². The van der Waals surface area contributed by atoms with Crippen molar-refractivity contribution in [2.45, 2.75) is 52.0 Å². The minimum absolute atomic E-state index is 0.0708. The van der Waals surface area contributed by atoms with Crippen LogP contribution in [0.5, 0.6) is 0 Å². The van der Waals surface area contributed by atoms with Crippen LogP contribution in [0.15, 0.2) is 30.3 Å². The van der Waals surface area contributed by atoms with Crippen molar-refractivity contribution in [2.75, 3.05) is 17.2 Å². The van der Waals surface area contributed by atoms with Gasteiger partial charge in [0.25, 0.3) is 5.91 Å². The Bertz CT molecular complexity index is 1160. The smallest absolute Gasteiger partial charge is 0.321 e. The van der Waals surface area contributed by atoms with Crippen LogP contribution in [0.1, 0.15) is 52.7 Å². The van der Waals surface area contributed by atoms with Gasteiger partial charge in [-0.3, -0.25) is 10.1 Å². The van der Waals surface area contributed by atoms with Crippen molar-refractivity contribution in [3.63, 3.8) is 0 Å². The van der Waals surface area contributed by atoms with Gasteiger partial charge in [-0.1, -0.05) is 41.9 Å². The number of hydrogen-bond acceptors (Lipinski definition) is 5. The number of anilines is 2. The highest BCUT2D eigenvalue weighted by atomic mass is 32.1. The van der Waals surface area contributed by atoms with Crippen molar-refractivity contribution >= 4 is 44.3 Å². The van der Waals surface area contributed by atoms with Crippen LogP contribution in [0.3, 0.4) is 0 Å². The van der Waals surface area contributed by atoms with E-state index in [-0.39, 0.29) is 18.5 Å². The number of carbonyl (C=O) groups is 2. The Morgan fingerprint density at radius 3 is 2.41 bits per heavy atom. The van der Waals surface area contributed by atoms with Gasteiger partial charge in [0.05, 0.1) is 22.4 Å². The summed E-state index contributed by atoms with van der Waals surface area (Å²) in [5.41, 5.74) is 4.73. The number of aliphatic hydroxyl groups excluding tert-OH is 1. The molecule has 0 unspecified atom stereocenters. The minimum atomic E-state index is -0.543. The SMILES string of the molecule is Cc1cc(C)c(NC(=O)c2ccc3nc(NC(=O)NC4(CO)CCCC4)sc3c2)c(C)c1. The number of rotatable bonds is 5. The summed E-state index contributed by atoms with van der Waals surface area (Å²) in [5.74, 6) is -0.186. The van der Waals surface area contributed by atoms with Crippen LogP contribution < -0.4 is 16.0 Å². The Morgan fingerprint density at radius 2 is 1.75 bits per heavy atom. The maximum Gasteiger partial charge on any atom is 0.321 e. The van der Waals surface area contributed by atoms with E-state index in [9.17, 15) is 14.7 Å². The second-order valence-corrected chi connectivity index (χ2v) is 9.68. The first-order valence-corrected chi connectivity index (χ1v) is 11.6. The predicted molar refractivity (Wildman–Crippen MR) is 129 cm³/mol. The lowest BCUT2D eigenvalue weighted by Gasteiger charge is -2.27. The van der Waals surface area contributed by atoms with E-state index in [0.29, 0.717) is 16.2 Å². The van der Waals surface area contributed by atoms with E-state index in [1.54, 1.807) is 18.2 Å². The van der Waals surface area contributed by atoms with Crippen molar-refractivity contribution in [1.82, 2.24) is 10.3 Å². The highest BCUT2D eigenvalue weighted by molar-refractivity contribution is 7.22. The fraction of sp³-hybridized carbons (Fsp3) is 0.375. The molecule has 1 aliphatic carbocycles. The zero-order valence-corrected chi connectivity index (χ0v) is 19.4. The van der Waals surface area contributed by atoms with Crippen molar-refractivity contribution in [2.24, 2.45) is 0 Å². The summed E-state index contributed by atoms with van der Waals surface area (Å²) in [6.07, 6.45) is 3.53. The summed E-state index contributed by atoms with van der Waals surface area (Å²) in [4.78, 5) is 29.8. The topological polar surface area (TPSA) is 103 Å². The highest BCUT2D eigenvalue weighted by Gasteiger charge is 2.34. The number of thiazole rings is 1. The Kier molecular flexibility index (Phi) is 6.17. The molecule has 0 spiro atoms. The summed E-state index contributed by atoms with van der Waals surface area (Å²) in [5, 5.41) is 18.8. The zero-order chi connectivity index (χ0) is 22.9. The molecule has 32 heavy (non-hydrogen) atoms. The van der Waals surface area contributed by atoms with Gasteiger partial charge in [0.15, 0.2) is 5.13 Å². The first kappa shape index (κ1) is 22.2. The van der Waals surface area contributed by atoms with Gasteiger partial charge < -0.3 is 15.7 Å². The van der Waals surface area contributed by atoms with Gasteiger partial charge in [0.1, 0.15) is 0 Å². The molecule has 168 valence electrons. The lowest BCUT2D eigenvalue weighted by atomic mass is 9.99. The van der Waals surface area contributed by atoms with Gasteiger partial charge >= 0.3 is 6.03 Å². The maximum atomic E-state index is 12.9. The first-order chi connectivity index (χ1) is 15.3. The third-order valence-corrected chi connectivity index (χ3v) is 6.96. The van der Waals surface area contributed by atoms with Gasteiger partial charge in [-0.05, 0) is 62.9 Å². The molecule has 4 N–H and O–H groups in total. The standard InChI is InChI=1S/C24H28N4O3S/c1-14-10-15(2)20(16(3)11-14)26-21(30)17-6-7-18-19(12-17)32-23(25-18)27-22(31)28-24(13-29)8-4-5-9-24/h6-7,10-12,29H,4-5,8-9,13H2,1-3H3,(H,26,30)(H2,25,27,28,31). The molecule has 1 aliphatic rings. The molecule has 3 amide bonds. The van der Waals surface area contributed by atoms with Gasteiger partial charge in [0, 0.05) is 11.3 Å². The Morgan fingerprint density at radius 1 is 1.06 bits per heavy atom. The third kappa shape index (κ3) is 4.61. The second-order valence-electron chi connectivity index (χ2n) is 8.65. The number of amides is 3. The second kappa shape index (κ2) is 8.88. The summed E-state index contributed by atoms with van der Waals surface area (Å²) < 4.78 is 0.808. The Balaban J connectivity index is 1.48. The number of nitrogens with zero attached hydrogens (tertiary/aromatic N) is 1. The van der Waals surface area contributed by atoms with Crippen LogP contribution in [0.4, 0.5) is 15.6 Å². The van der Waals surface area contributed by atoms with Crippen LogP contribution in [0.2, 0.25) is 0 Å². The van der Waals surface area contributed by atoms with Crippen molar-refractivity contribution in [3.8, 4) is 0 Å². The molecular weight excluding hydrogens is 424 g/mol. The first-order valence-electron chi connectivity index (χ1n) is 10.8. The third-order valence-electron chi connectivity index (χ3n) is 6.03. The molecule has 0 aliphatic heterocycles. The molecule has 0 radical (unpaired) electrons. The van der Waals surface area contributed by atoms with Crippen molar-refractivity contribution in [3.05, 3.63) is 52.6 Å². The largest absolute Gasteiger partial charge is 0.394 e. The van der Waals surface area contributed by atoms with Crippen LogP contribution in [0, 0.1) is 20.8 Å². The number of hydrogen-bond donors (Lipinski definition) is 4. The summed E-state index contributed by atoms with van der Waals surface area (Å²) >= 11 is 1.31. The maximum absolute atomic E-state index is 12.9. The van der Waals surface area contributed by atoms with E-state index in [1.807, 2.05) is 32.9 Å². The fourth-order valence-electron chi connectivity index (χ4n) is 4.43. The molecular formula is C24H28N4O3S. The molecule has 0 saturated heterocycles. The van der Waals surface area contributed by atoms with Crippen LogP contribution >= 0.6 is 11.3 Å². The average Bonchev–Trinajstić information content (AvgIpc) is 3.36. The molecule has 1 aromatic heterocycles. The number of fused-ring (bicyclic) bond motifs is 1. The average molecular weight is 453 g/mol. The van der Waals surface area contributed by atoms with Crippen molar-refractivity contribution < 1.29 is 14.7 Å². The summed E-state index contributed by atoms with van der Waals surface area (Å²) in [6.45, 7) is 5.93. The van der Waals surface area contributed by atoms with Gasteiger partial charge in [-0.2, -0.15) is 0 Å². The molecule has 0 atom stereocenters. The molecule has 7 nitrogen and oxygen atoms in total. The minimum Gasteiger partial charge on any atom is -0.394 e. The van der Waals surface area contributed by atoms with E-state index in [2.05, 4.69) is 20.9 Å². The van der Waals surface area contributed by atoms with Crippen molar-refractivity contribution in [1.29, 1.82) is 0 Å². The lowest BCUT2D eigenvalue weighted by Crippen LogP contribution is -2.50. The number of benzene rings is 2. The van der Waals surface area contributed by atoms with E-state index in [0.717, 1.165) is 52.8 Å². The van der Waals surface area contributed by atoms with Crippen LogP contribution in [-0.4, -0.2) is 34.2 Å². The van der Waals surface area contributed by atoms with E-state index >= 15 is 0 Å². The van der Waals surface area contributed by atoms with E-state index < -0.39 is 5.54 Å². The van der Waals surface area contributed by atoms with E-state index in [1.165, 1.54) is 11.3 Å². The molecule has 1 fully saturated rings. The number of carbonyl (C=O) groups excluding carboxylic acids is 2. The van der Waals surface area contributed by atoms with Gasteiger partial charge in [-0.15, -0.1) is 0 Å². The number of nitrogens with one attached hydrogen (secondary N) is 3. The predicted octanol–water partition coefficient (Wildman–Crippen LogP) is 4.90. The zero-order valence-electron chi connectivity index (χ0n) is 18.5. The van der Waals surface area contributed by atoms with E-state index in [4.69, 9.17) is 0 Å². The normalized spacial score (nSPS) is 15.0. The number of aliphatic hydroxyl groups is 1. The lowest BCUT2D eigenvalue weighted by molar-refractivity contribution is 0.102. The summed E-state index contributed by atoms with van der Waals surface area (Å²) in [6, 6.07) is 9.03. The molecule has 3 aromatic rings. The molecule has 8 heteroatoms. The highest BCUT2D eigenvalue weighted by Crippen LogP contribution is 2.31. The van der Waals surface area contributed by atoms with Gasteiger partial charge in [0.2, 0.25) is 0 Å². The molecule has 1 saturated carbocycles. The molecule has 0 bridgehead atoms. The number of aryl methyl sites for hydroxylation is 3. The van der Waals surface area contributed by atoms with Crippen LogP contribution in [0.25, 0.3) is 10.2 Å². The molecule has 1 heterocycles. The quantitative estimate of drug-likeness (QED) is 0.442. The monoisotopic (exact) mass is 452 g/mol. The molecule has 2 aromatic carbocycles. The number of urea groups is 1.